The number of benzene rings is 1. The molecule has 0 spiro atoms. The third-order valence-electron chi connectivity index (χ3n) is 5.53. The Labute approximate surface area is 195 Å². The van der Waals surface area contributed by atoms with Gasteiger partial charge < -0.3 is 9.80 Å². The fourth-order valence-electron chi connectivity index (χ4n) is 3.89. The Bertz CT molecular complexity index is 1060. The second-order valence-electron chi connectivity index (χ2n) is 8.20. The standard InChI is InChI=1S/C23H31N5O4S/c1-19(29)28-12-6-11-26(17-20-7-5-10-24-15-20)13-14-27(23(30)16-25-33(2,31)32)18-21-8-3-4-9-22(21)28/h3-5,7-10,15,25H,6,11-14,16-18H2,1-2H3. The van der Waals surface area contributed by atoms with E-state index in [2.05, 4.69) is 14.6 Å². The Hall–Kier alpha value is -2.82. The first-order valence-electron chi connectivity index (χ1n) is 10.9. The van der Waals surface area contributed by atoms with Crippen molar-refractivity contribution in [2.75, 3.05) is 43.9 Å². The lowest BCUT2D eigenvalue weighted by molar-refractivity contribution is -0.130. The van der Waals surface area contributed by atoms with Crippen molar-refractivity contribution in [2.24, 2.45) is 0 Å². The summed E-state index contributed by atoms with van der Waals surface area (Å²) < 4.78 is 25.3. The van der Waals surface area contributed by atoms with Crippen LogP contribution in [0.2, 0.25) is 0 Å². The fourth-order valence-corrected chi connectivity index (χ4v) is 4.28. The summed E-state index contributed by atoms with van der Waals surface area (Å²) in [6.07, 6.45) is 5.36. The molecule has 0 atom stereocenters. The van der Waals surface area contributed by atoms with Crippen molar-refractivity contribution in [1.82, 2.24) is 19.5 Å². The van der Waals surface area contributed by atoms with Gasteiger partial charge in [-0.25, -0.2) is 13.1 Å². The number of pyridine rings is 1. The van der Waals surface area contributed by atoms with E-state index in [0.29, 0.717) is 26.2 Å². The van der Waals surface area contributed by atoms with E-state index in [-0.39, 0.29) is 24.9 Å². The van der Waals surface area contributed by atoms with Gasteiger partial charge in [0.25, 0.3) is 0 Å². The maximum Gasteiger partial charge on any atom is 0.237 e. The van der Waals surface area contributed by atoms with Gasteiger partial charge in [0.2, 0.25) is 21.8 Å². The summed E-state index contributed by atoms with van der Waals surface area (Å²) in [7, 11) is -3.49. The van der Waals surface area contributed by atoms with Gasteiger partial charge in [-0.2, -0.15) is 0 Å². The monoisotopic (exact) mass is 473 g/mol. The van der Waals surface area contributed by atoms with Crippen molar-refractivity contribution in [2.45, 2.75) is 26.4 Å². The van der Waals surface area contributed by atoms with E-state index in [1.165, 1.54) is 0 Å². The van der Waals surface area contributed by atoms with Crippen LogP contribution in [0.3, 0.4) is 0 Å². The molecular weight excluding hydrogens is 442 g/mol. The van der Waals surface area contributed by atoms with Crippen LogP contribution in [0.5, 0.6) is 0 Å². The number of rotatable bonds is 5. The molecule has 1 aliphatic rings. The molecule has 1 aromatic carbocycles. The molecule has 0 aliphatic carbocycles. The van der Waals surface area contributed by atoms with Crippen LogP contribution >= 0.6 is 0 Å². The maximum absolute atomic E-state index is 13.0. The Morgan fingerprint density at radius 1 is 1.06 bits per heavy atom. The van der Waals surface area contributed by atoms with E-state index >= 15 is 0 Å². The molecule has 0 radical (unpaired) electrons. The normalized spacial score (nSPS) is 16.1. The van der Waals surface area contributed by atoms with Crippen molar-refractivity contribution in [3.05, 3.63) is 59.9 Å². The molecule has 2 aromatic rings. The smallest absolute Gasteiger partial charge is 0.237 e. The first-order chi connectivity index (χ1) is 15.7. The van der Waals surface area contributed by atoms with E-state index in [0.717, 1.165) is 36.0 Å². The average molecular weight is 474 g/mol. The predicted octanol–water partition coefficient (Wildman–Crippen LogP) is 1.22. The van der Waals surface area contributed by atoms with Crippen LogP contribution in [0.1, 0.15) is 24.5 Å². The summed E-state index contributed by atoms with van der Waals surface area (Å²) in [5.41, 5.74) is 2.69. The van der Waals surface area contributed by atoms with Gasteiger partial charge in [0.15, 0.2) is 0 Å². The van der Waals surface area contributed by atoms with Gasteiger partial charge in [0.1, 0.15) is 0 Å². The Kier molecular flexibility index (Phi) is 8.54. The second-order valence-corrected chi connectivity index (χ2v) is 10.0. The zero-order valence-electron chi connectivity index (χ0n) is 19.1. The van der Waals surface area contributed by atoms with Crippen LogP contribution < -0.4 is 9.62 Å². The first kappa shape index (κ1) is 24.8. The number of para-hydroxylation sites is 1. The number of anilines is 1. The average Bonchev–Trinajstić information content (AvgIpc) is 2.81. The van der Waals surface area contributed by atoms with Crippen LogP contribution in [-0.4, -0.2) is 74.0 Å². The number of nitrogens with one attached hydrogen (secondary N) is 1. The zero-order chi connectivity index (χ0) is 23.8. The highest BCUT2D eigenvalue weighted by Crippen LogP contribution is 2.23. The minimum Gasteiger partial charge on any atom is -0.336 e. The quantitative estimate of drug-likeness (QED) is 0.701. The molecule has 0 unspecified atom stereocenters. The summed E-state index contributed by atoms with van der Waals surface area (Å²) in [6.45, 7) is 4.54. The van der Waals surface area contributed by atoms with E-state index in [9.17, 15) is 18.0 Å². The summed E-state index contributed by atoms with van der Waals surface area (Å²) in [4.78, 5) is 35.2. The molecule has 0 saturated carbocycles. The van der Waals surface area contributed by atoms with E-state index in [1.54, 1.807) is 22.9 Å². The minimum atomic E-state index is -3.49. The van der Waals surface area contributed by atoms with E-state index in [1.807, 2.05) is 42.6 Å². The lowest BCUT2D eigenvalue weighted by Crippen LogP contribution is -2.43. The molecule has 2 heterocycles. The third-order valence-corrected chi connectivity index (χ3v) is 6.20. The number of amides is 2. The summed E-state index contributed by atoms with van der Waals surface area (Å²) >= 11 is 0. The molecule has 1 N–H and O–H groups in total. The van der Waals surface area contributed by atoms with E-state index < -0.39 is 10.0 Å². The maximum atomic E-state index is 13.0. The number of carbonyl (C=O) groups is 2. The van der Waals surface area contributed by atoms with Gasteiger partial charge in [0.05, 0.1) is 12.8 Å². The fraction of sp³-hybridized carbons (Fsp3) is 0.435. The largest absolute Gasteiger partial charge is 0.336 e. The highest BCUT2D eigenvalue weighted by molar-refractivity contribution is 7.88. The molecule has 2 amide bonds. The molecule has 0 fully saturated rings. The van der Waals surface area contributed by atoms with Crippen LogP contribution in [0.25, 0.3) is 0 Å². The number of fused-ring (bicyclic) bond motifs is 1. The molecule has 9 nitrogen and oxygen atoms in total. The molecule has 178 valence electrons. The van der Waals surface area contributed by atoms with Gasteiger partial charge in [-0.05, 0) is 29.7 Å². The topological polar surface area (TPSA) is 103 Å². The van der Waals surface area contributed by atoms with Crippen molar-refractivity contribution < 1.29 is 18.0 Å². The van der Waals surface area contributed by atoms with Gasteiger partial charge >= 0.3 is 0 Å². The molecule has 0 bridgehead atoms. The number of hydrogen-bond acceptors (Lipinski definition) is 6. The summed E-state index contributed by atoms with van der Waals surface area (Å²) in [5, 5.41) is 0. The molecule has 10 heteroatoms. The van der Waals surface area contributed by atoms with Crippen LogP contribution in [-0.2, 0) is 32.7 Å². The molecule has 3 rings (SSSR count). The Balaban J connectivity index is 1.88. The minimum absolute atomic E-state index is 0.0582. The van der Waals surface area contributed by atoms with Crippen molar-refractivity contribution in [3.8, 4) is 0 Å². The Morgan fingerprint density at radius 2 is 1.85 bits per heavy atom. The number of aromatic nitrogens is 1. The third kappa shape index (κ3) is 7.62. The van der Waals surface area contributed by atoms with Crippen LogP contribution in [0.4, 0.5) is 5.69 Å². The molecular formula is C23H31N5O4S. The molecule has 1 aliphatic heterocycles. The lowest BCUT2D eigenvalue weighted by atomic mass is 10.1. The first-order valence-corrected chi connectivity index (χ1v) is 12.8. The molecule has 0 saturated heterocycles. The van der Waals surface area contributed by atoms with Gasteiger partial charge in [0, 0.05) is 64.3 Å². The second kappa shape index (κ2) is 11.4. The van der Waals surface area contributed by atoms with Gasteiger partial charge in [-0.3, -0.25) is 19.5 Å². The summed E-state index contributed by atoms with van der Waals surface area (Å²) in [6, 6.07) is 11.4. The van der Waals surface area contributed by atoms with Gasteiger partial charge in [-0.1, -0.05) is 24.3 Å². The van der Waals surface area contributed by atoms with Crippen molar-refractivity contribution >= 4 is 27.5 Å². The molecule has 1 aromatic heterocycles. The van der Waals surface area contributed by atoms with Crippen LogP contribution in [0.15, 0.2) is 48.8 Å². The number of carbonyl (C=O) groups excluding carboxylic acids is 2. The van der Waals surface area contributed by atoms with Crippen LogP contribution in [0, 0.1) is 0 Å². The zero-order valence-corrected chi connectivity index (χ0v) is 19.9. The summed E-state index contributed by atoms with van der Waals surface area (Å²) in [5.74, 6) is -0.373. The van der Waals surface area contributed by atoms with Gasteiger partial charge in [-0.15, -0.1) is 0 Å². The van der Waals surface area contributed by atoms with Crippen molar-refractivity contribution in [1.29, 1.82) is 0 Å². The lowest BCUT2D eigenvalue weighted by Gasteiger charge is -2.28. The number of sulfonamides is 1. The molecule has 33 heavy (non-hydrogen) atoms. The highest BCUT2D eigenvalue weighted by Gasteiger charge is 2.22. The number of nitrogens with zero attached hydrogens (tertiary/aromatic N) is 4. The Morgan fingerprint density at radius 3 is 2.55 bits per heavy atom. The predicted molar refractivity (Wildman–Crippen MR) is 127 cm³/mol. The van der Waals surface area contributed by atoms with Crippen molar-refractivity contribution in [3.63, 3.8) is 0 Å². The SMILES string of the molecule is CC(=O)N1CCCN(Cc2cccnc2)CCN(C(=O)CNS(C)(=O)=O)Cc2ccccc21. The number of hydrogen-bond donors (Lipinski definition) is 1. The highest BCUT2D eigenvalue weighted by atomic mass is 32.2. The van der Waals surface area contributed by atoms with E-state index in [4.69, 9.17) is 0 Å².